The van der Waals surface area contributed by atoms with Gasteiger partial charge in [0.05, 0.1) is 0 Å². The summed E-state index contributed by atoms with van der Waals surface area (Å²) in [5.74, 6) is 0. The maximum absolute atomic E-state index is 3.43. The normalized spacial score (nSPS) is 20.7. The molecule has 1 aliphatic rings. The van der Waals surface area contributed by atoms with E-state index in [0.29, 0.717) is 6.04 Å². The van der Waals surface area contributed by atoms with Crippen molar-refractivity contribution in [2.45, 2.75) is 12.5 Å². The van der Waals surface area contributed by atoms with Gasteiger partial charge in [0.25, 0.3) is 0 Å². The molecule has 1 fully saturated rings. The average Bonchev–Trinajstić information content (AvgIpc) is 2.15. The topological polar surface area (TPSA) is 12.0 Å². The van der Waals surface area contributed by atoms with Gasteiger partial charge >= 0.3 is 0 Å². The molecule has 3 rings (SSSR count). The number of fused-ring (bicyclic) bond motifs is 1. The van der Waals surface area contributed by atoms with Gasteiger partial charge in [-0.15, -0.1) is 0 Å². The van der Waals surface area contributed by atoms with Gasteiger partial charge in [-0.2, -0.15) is 0 Å². The maximum atomic E-state index is 3.43. The molecule has 1 aliphatic heterocycles. The first-order chi connectivity index (χ1) is 6.93. The lowest BCUT2D eigenvalue weighted by Crippen LogP contribution is -2.34. The summed E-state index contributed by atoms with van der Waals surface area (Å²) < 4.78 is 0. The Bertz CT molecular complexity index is 457. The van der Waals surface area contributed by atoms with Crippen LogP contribution in [-0.4, -0.2) is 6.54 Å². The fourth-order valence-electron chi connectivity index (χ4n) is 2.00. The number of benzene rings is 2. The van der Waals surface area contributed by atoms with Crippen LogP contribution in [0.1, 0.15) is 18.0 Å². The lowest BCUT2D eigenvalue weighted by Gasteiger charge is -2.28. The summed E-state index contributed by atoms with van der Waals surface area (Å²) in [5, 5.41) is 6.10. The second-order valence-electron chi connectivity index (χ2n) is 3.90. The van der Waals surface area contributed by atoms with Crippen LogP contribution in [0.4, 0.5) is 0 Å². The Kier molecular flexibility index (Phi) is 1.78. The van der Waals surface area contributed by atoms with E-state index < -0.39 is 0 Å². The van der Waals surface area contributed by atoms with Gasteiger partial charge in [0.1, 0.15) is 0 Å². The van der Waals surface area contributed by atoms with Gasteiger partial charge in [0.2, 0.25) is 0 Å². The SMILES string of the molecule is c1ccc2cc(C3CCN3)ccc2c1. The quantitative estimate of drug-likeness (QED) is 0.716. The number of rotatable bonds is 1. The van der Waals surface area contributed by atoms with Crippen LogP contribution in [0.3, 0.4) is 0 Å². The third-order valence-corrected chi connectivity index (χ3v) is 3.00. The van der Waals surface area contributed by atoms with Crippen LogP contribution in [-0.2, 0) is 0 Å². The molecule has 1 N–H and O–H groups in total. The smallest absolute Gasteiger partial charge is 0.0332 e. The molecule has 70 valence electrons. The van der Waals surface area contributed by atoms with Gasteiger partial charge in [0.15, 0.2) is 0 Å². The fourth-order valence-corrected chi connectivity index (χ4v) is 2.00. The molecular weight excluding hydrogens is 170 g/mol. The van der Waals surface area contributed by atoms with Crippen LogP contribution >= 0.6 is 0 Å². The first-order valence-corrected chi connectivity index (χ1v) is 5.15. The molecule has 1 heteroatoms. The van der Waals surface area contributed by atoms with Crippen LogP contribution in [0.5, 0.6) is 0 Å². The largest absolute Gasteiger partial charge is 0.310 e. The first-order valence-electron chi connectivity index (χ1n) is 5.15. The van der Waals surface area contributed by atoms with Crippen LogP contribution in [0.2, 0.25) is 0 Å². The molecule has 1 atom stereocenters. The molecule has 0 saturated carbocycles. The maximum Gasteiger partial charge on any atom is 0.0332 e. The molecule has 1 saturated heterocycles. The van der Waals surface area contributed by atoms with Gasteiger partial charge < -0.3 is 5.32 Å². The van der Waals surface area contributed by atoms with Crippen molar-refractivity contribution >= 4 is 10.8 Å². The minimum atomic E-state index is 0.597. The molecule has 1 nitrogen and oxygen atoms in total. The van der Waals surface area contributed by atoms with Gasteiger partial charge in [-0.05, 0) is 35.4 Å². The second kappa shape index (κ2) is 3.10. The minimum Gasteiger partial charge on any atom is -0.310 e. The van der Waals surface area contributed by atoms with Gasteiger partial charge in [-0.25, -0.2) is 0 Å². The summed E-state index contributed by atoms with van der Waals surface area (Å²) in [5.41, 5.74) is 1.43. The van der Waals surface area contributed by atoms with Crippen molar-refractivity contribution in [1.29, 1.82) is 0 Å². The Labute approximate surface area is 83.8 Å². The molecule has 2 aromatic carbocycles. The molecule has 1 heterocycles. The zero-order chi connectivity index (χ0) is 9.38. The summed E-state index contributed by atoms with van der Waals surface area (Å²) >= 11 is 0. The highest BCUT2D eigenvalue weighted by Crippen LogP contribution is 2.25. The molecule has 0 aliphatic carbocycles. The number of nitrogens with one attached hydrogen (secondary N) is 1. The molecule has 0 radical (unpaired) electrons. The molecule has 0 aromatic heterocycles. The molecular formula is C13H13N. The van der Waals surface area contributed by atoms with Gasteiger partial charge in [0, 0.05) is 6.04 Å². The van der Waals surface area contributed by atoms with E-state index >= 15 is 0 Å². The molecule has 2 aromatic rings. The van der Waals surface area contributed by atoms with Crippen LogP contribution in [0, 0.1) is 0 Å². The van der Waals surface area contributed by atoms with Crippen LogP contribution in [0.25, 0.3) is 10.8 Å². The minimum absolute atomic E-state index is 0.597. The highest BCUT2D eigenvalue weighted by atomic mass is 15.0. The van der Waals surface area contributed by atoms with Crippen molar-refractivity contribution in [2.75, 3.05) is 6.54 Å². The first kappa shape index (κ1) is 8.01. The van der Waals surface area contributed by atoms with Crippen molar-refractivity contribution in [3.8, 4) is 0 Å². The summed E-state index contributed by atoms with van der Waals surface area (Å²) in [7, 11) is 0. The molecule has 0 spiro atoms. The van der Waals surface area contributed by atoms with Gasteiger partial charge in [-0.3, -0.25) is 0 Å². The summed E-state index contributed by atoms with van der Waals surface area (Å²) in [6, 6.07) is 15.9. The van der Waals surface area contributed by atoms with E-state index in [2.05, 4.69) is 47.8 Å². The van der Waals surface area contributed by atoms with E-state index in [1.807, 2.05) is 0 Å². The zero-order valence-corrected chi connectivity index (χ0v) is 8.03. The van der Waals surface area contributed by atoms with Crippen molar-refractivity contribution in [3.05, 3.63) is 48.0 Å². The highest BCUT2D eigenvalue weighted by Gasteiger charge is 2.17. The van der Waals surface area contributed by atoms with E-state index in [4.69, 9.17) is 0 Å². The Morgan fingerprint density at radius 3 is 2.50 bits per heavy atom. The molecule has 0 bridgehead atoms. The summed E-state index contributed by atoms with van der Waals surface area (Å²) in [6.07, 6.45) is 1.28. The standard InChI is InChI=1S/C13H13N/c1-2-4-11-9-12(13-7-8-14-13)6-5-10(11)3-1/h1-6,9,13-14H,7-8H2. The molecule has 0 amide bonds. The Hall–Kier alpha value is -1.34. The van der Waals surface area contributed by atoms with Crippen molar-refractivity contribution in [1.82, 2.24) is 5.32 Å². The van der Waals surface area contributed by atoms with E-state index in [9.17, 15) is 0 Å². The van der Waals surface area contributed by atoms with Crippen molar-refractivity contribution in [3.63, 3.8) is 0 Å². The zero-order valence-electron chi connectivity index (χ0n) is 8.03. The predicted octanol–water partition coefficient (Wildman–Crippen LogP) is 2.87. The fraction of sp³-hybridized carbons (Fsp3) is 0.231. The lowest BCUT2D eigenvalue weighted by molar-refractivity contribution is 0.383. The van der Waals surface area contributed by atoms with Crippen molar-refractivity contribution < 1.29 is 0 Å². The van der Waals surface area contributed by atoms with Gasteiger partial charge in [-0.1, -0.05) is 36.4 Å². The third-order valence-electron chi connectivity index (χ3n) is 3.00. The van der Waals surface area contributed by atoms with E-state index in [1.165, 1.54) is 22.8 Å². The van der Waals surface area contributed by atoms with Crippen LogP contribution < -0.4 is 5.32 Å². The molecule has 1 unspecified atom stereocenters. The number of hydrogen-bond acceptors (Lipinski definition) is 1. The number of hydrogen-bond donors (Lipinski definition) is 1. The predicted molar refractivity (Wildman–Crippen MR) is 59.3 cm³/mol. The Balaban J connectivity index is 2.10. The highest BCUT2D eigenvalue weighted by molar-refractivity contribution is 5.83. The second-order valence-corrected chi connectivity index (χ2v) is 3.90. The summed E-state index contributed by atoms with van der Waals surface area (Å²) in [4.78, 5) is 0. The Morgan fingerprint density at radius 1 is 1.00 bits per heavy atom. The monoisotopic (exact) mass is 183 g/mol. The third kappa shape index (κ3) is 1.21. The lowest BCUT2D eigenvalue weighted by atomic mass is 9.96. The van der Waals surface area contributed by atoms with E-state index in [0.717, 1.165) is 6.54 Å². The van der Waals surface area contributed by atoms with Crippen LogP contribution in [0.15, 0.2) is 42.5 Å². The molecule has 14 heavy (non-hydrogen) atoms. The van der Waals surface area contributed by atoms with Crippen molar-refractivity contribution in [2.24, 2.45) is 0 Å². The average molecular weight is 183 g/mol. The van der Waals surface area contributed by atoms with E-state index in [1.54, 1.807) is 0 Å². The Morgan fingerprint density at radius 2 is 1.79 bits per heavy atom. The van der Waals surface area contributed by atoms with E-state index in [-0.39, 0.29) is 0 Å². The summed E-state index contributed by atoms with van der Waals surface area (Å²) in [6.45, 7) is 1.16.